The second kappa shape index (κ2) is 7.27. The van der Waals surface area contributed by atoms with Gasteiger partial charge in [-0.3, -0.25) is 10.1 Å². The maximum Gasteiger partial charge on any atom is 0.258 e. The molecule has 3 N–H and O–H groups in total. The zero-order valence-electron chi connectivity index (χ0n) is 12.7. The topological polar surface area (TPSA) is 61.4 Å². The van der Waals surface area contributed by atoms with Gasteiger partial charge in [-0.15, -0.1) is 0 Å². The van der Waals surface area contributed by atoms with Crippen LogP contribution in [0.15, 0.2) is 54.6 Å². The van der Waals surface area contributed by atoms with Crippen molar-refractivity contribution in [1.82, 2.24) is 5.32 Å². The molecule has 1 amide bonds. The summed E-state index contributed by atoms with van der Waals surface area (Å²) in [5.41, 5.74) is 0.893. The fraction of sp³-hybridized carbons (Fsp3) is 0. The zero-order chi connectivity index (χ0) is 18.0. The molecule has 0 radical (unpaired) electrons. The molecule has 25 heavy (non-hydrogen) atoms. The average Bonchev–Trinajstić information content (AvgIpc) is 2.58. The van der Waals surface area contributed by atoms with Crippen LogP contribution in [0.2, 0.25) is 10.0 Å². The predicted octanol–water partition coefficient (Wildman–Crippen LogP) is 4.98. The van der Waals surface area contributed by atoms with E-state index < -0.39 is 5.91 Å². The third kappa shape index (κ3) is 3.85. The van der Waals surface area contributed by atoms with Gasteiger partial charge in [0.15, 0.2) is 5.11 Å². The van der Waals surface area contributed by atoms with E-state index in [-0.39, 0.29) is 21.4 Å². The van der Waals surface area contributed by atoms with Crippen molar-refractivity contribution in [3.05, 3.63) is 70.2 Å². The fourth-order valence-corrected chi connectivity index (χ4v) is 2.98. The number of anilines is 1. The SMILES string of the molecule is O=C(NC(=S)Nc1cccc2c(O)cccc12)c1cc(Cl)ccc1Cl. The number of nitrogens with one attached hydrogen (secondary N) is 2. The van der Waals surface area contributed by atoms with Gasteiger partial charge in [0.05, 0.1) is 10.6 Å². The first kappa shape index (κ1) is 17.5. The summed E-state index contributed by atoms with van der Waals surface area (Å²) in [5.74, 6) is -0.296. The number of rotatable bonds is 2. The molecule has 0 bridgehead atoms. The van der Waals surface area contributed by atoms with Crippen molar-refractivity contribution in [2.24, 2.45) is 0 Å². The van der Waals surface area contributed by atoms with E-state index in [2.05, 4.69) is 10.6 Å². The summed E-state index contributed by atoms with van der Waals surface area (Å²) in [4.78, 5) is 12.3. The number of carbonyl (C=O) groups excluding carboxylic acids is 1. The van der Waals surface area contributed by atoms with Crippen LogP contribution in [0.5, 0.6) is 5.75 Å². The molecule has 0 aliphatic heterocycles. The van der Waals surface area contributed by atoms with Crippen LogP contribution in [0.1, 0.15) is 10.4 Å². The van der Waals surface area contributed by atoms with Crippen molar-refractivity contribution in [1.29, 1.82) is 0 Å². The van der Waals surface area contributed by atoms with E-state index in [0.29, 0.717) is 16.1 Å². The Hall–Kier alpha value is -2.34. The van der Waals surface area contributed by atoms with Gasteiger partial charge in [0, 0.05) is 21.5 Å². The lowest BCUT2D eigenvalue weighted by molar-refractivity contribution is 0.0978. The summed E-state index contributed by atoms with van der Waals surface area (Å²) in [6.45, 7) is 0. The Bertz CT molecular complexity index is 992. The molecule has 0 unspecified atom stereocenters. The lowest BCUT2D eigenvalue weighted by Crippen LogP contribution is -2.34. The summed E-state index contributed by atoms with van der Waals surface area (Å²) >= 11 is 17.1. The highest BCUT2D eigenvalue weighted by Crippen LogP contribution is 2.29. The Balaban J connectivity index is 1.80. The van der Waals surface area contributed by atoms with Crippen molar-refractivity contribution in [2.75, 3.05) is 5.32 Å². The van der Waals surface area contributed by atoms with Crippen molar-refractivity contribution in [3.63, 3.8) is 0 Å². The lowest BCUT2D eigenvalue weighted by Gasteiger charge is -2.13. The number of amides is 1. The van der Waals surface area contributed by atoms with Crippen LogP contribution in [0.3, 0.4) is 0 Å². The Morgan fingerprint density at radius 1 is 1.00 bits per heavy atom. The molecule has 0 spiro atoms. The van der Waals surface area contributed by atoms with Gasteiger partial charge in [0.1, 0.15) is 5.75 Å². The number of phenolic OH excluding ortho intramolecular Hbond substituents is 1. The molecule has 126 valence electrons. The smallest absolute Gasteiger partial charge is 0.258 e. The normalized spacial score (nSPS) is 10.5. The number of fused-ring (bicyclic) bond motifs is 1. The quantitative estimate of drug-likeness (QED) is 0.540. The van der Waals surface area contributed by atoms with Crippen molar-refractivity contribution >= 4 is 62.9 Å². The molecule has 0 heterocycles. The van der Waals surface area contributed by atoms with Gasteiger partial charge in [0.2, 0.25) is 0 Å². The minimum atomic E-state index is -0.465. The first-order valence-electron chi connectivity index (χ1n) is 7.24. The number of thiocarbonyl (C=S) groups is 1. The van der Waals surface area contributed by atoms with E-state index in [1.807, 2.05) is 6.07 Å². The number of phenols is 1. The number of halogens is 2. The summed E-state index contributed by atoms with van der Waals surface area (Å²) < 4.78 is 0. The van der Waals surface area contributed by atoms with E-state index in [4.69, 9.17) is 35.4 Å². The van der Waals surface area contributed by atoms with Crippen LogP contribution >= 0.6 is 35.4 Å². The zero-order valence-corrected chi connectivity index (χ0v) is 15.0. The van der Waals surface area contributed by atoms with Crippen LogP contribution in [0.25, 0.3) is 10.8 Å². The highest BCUT2D eigenvalue weighted by molar-refractivity contribution is 7.80. The molecule has 0 aliphatic carbocycles. The van der Waals surface area contributed by atoms with Gasteiger partial charge >= 0.3 is 0 Å². The van der Waals surface area contributed by atoms with Crippen LogP contribution < -0.4 is 10.6 Å². The van der Waals surface area contributed by atoms with Gasteiger partial charge in [-0.1, -0.05) is 47.5 Å². The van der Waals surface area contributed by atoms with Gasteiger partial charge in [-0.05, 0) is 42.5 Å². The van der Waals surface area contributed by atoms with Crippen LogP contribution in [-0.2, 0) is 0 Å². The molecule has 7 heteroatoms. The van der Waals surface area contributed by atoms with Gasteiger partial charge in [-0.25, -0.2) is 0 Å². The third-order valence-corrected chi connectivity index (χ3v) is 4.32. The van der Waals surface area contributed by atoms with E-state index >= 15 is 0 Å². The Morgan fingerprint density at radius 3 is 2.52 bits per heavy atom. The molecule has 0 atom stereocenters. The highest BCUT2D eigenvalue weighted by Gasteiger charge is 2.13. The van der Waals surface area contributed by atoms with Crippen molar-refractivity contribution in [2.45, 2.75) is 0 Å². The Kier molecular flexibility index (Phi) is 5.08. The molecule has 4 nitrogen and oxygen atoms in total. The predicted molar refractivity (Wildman–Crippen MR) is 106 cm³/mol. The molecule has 0 aliphatic rings. The number of hydrogen-bond donors (Lipinski definition) is 3. The second-order valence-corrected chi connectivity index (χ2v) is 6.46. The number of carbonyl (C=O) groups is 1. The molecule has 0 fully saturated rings. The maximum atomic E-state index is 12.3. The molecule has 0 saturated heterocycles. The highest BCUT2D eigenvalue weighted by atomic mass is 35.5. The molecular formula is C18H12Cl2N2O2S. The van der Waals surface area contributed by atoms with Gasteiger partial charge < -0.3 is 10.4 Å². The number of hydrogen-bond acceptors (Lipinski definition) is 3. The van der Waals surface area contributed by atoms with Crippen molar-refractivity contribution in [3.8, 4) is 5.75 Å². The molecular weight excluding hydrogens is 379 g/mol. The standard InChI is InChI=1S/C18H12Cl2N2O2S/c19-10-7-8-14(20)13(9-10)17(24)22-18(25)21-15-5-1-4-12-11(15)3-2-6-16(12)23/h1-9,23H,(H2,21,22,24,25). The van der Waals surface area contributed by atoms with E-state index in [1.165, 1.54) is 6.07 Å². The molecule has 3 aromatic rings. The largest absolute Gasteiger partial charge is 0.507 e. The van der Waals surface area contributed by atoms with Gasteiger partial charge in [0.25, 0.3) is 5.91 Å². The molecule has 0 aromatic heterocycles. The van der Waals surface area contributed by atoms with Crippen molar-refractivity contribution < 1.29 is 9.90 Å². The maximum absolute atomic E-state index is 12.3. The fourth-order valence-electron chi connectivity index (χ4n) is 2.40. The lowest BCUT2D eigenvalue weighted by atomic mass is 10.1. The first-order chi connectivity index (χ1) is 12.0. The molecule has 0 saturated carbocycles. The summed E-state index contributed by atoms with van der Waals surface area (Å²) in [5, 5.41) is 17.7. The summed E-state index contributed by atoms with van der Waals surface area (Å²) in [6.07, 6.45) is 0. The number of benzene rings is 3. The number of aromatic hydroxyl groups is 1. The minimum Gasteiger partial charge on any atom is -0.507 e. The second-order valence-electron chi connectivity index (χ2n) is 5.21. The van der Waals surface area contributed by atoms with Crippen LogP contribution in [-0.4, -0.2) is 16.1 Å². The van der Waals surface area contributed by atoms with Crippen LogP contribution in [0.4, 0.5) is 5.69 Å². The van der Waals surface area contributed by atoms with E-state index in [0.717, 1.165) is 5.39 Å². The Labute approximate surface area is 159 Å². The Morgan fingerprint density at radius 2 is 1.72 bits per heavy atom. The van der Waals surface area contributed by atoms with Crippen LogP contribution in [0, 0.1) is 0 Å². The first-order valence-corrected chi connectivity index (χ1v) is 8.40. The van der Waals surface area contributed by atoms with E-state index in [1.54, 1.807) is 42.5 Å². The molecule has 3 rings (SSSR count). The summed E-state index contributed by atoms with van der Waals surface area (Å²) in [6, 6.07) is 15.2. The summed E-state index contributed by atoms with van der Waals surface area (Å²) in [7, 11) is 0. The van der Waals surface area contributed by atoms with Gasteiger partial charge in [-0.2, -0.15) is 0 Å². The monoisotopic (exact) mass is 390 g/mol. The minimum absolute atomic E-state index is 0.108. The molecule has 3 aromatic carbocycles. The third-order valence-electron chi connectivity index (χ3n) is 3.55. The van der Waals surface area contributed by atoms with E-state index in [9.17, 15) is 9.90 Å². The average molecular weight is 391 g/mol.